The number of nitrogens with zero attached hydrogens (tertiary/aromatic N) is 3. The van der Waals surface area contributed by atoms with Crippen LogP contribution in [0.2, 0.25) is 5.02 Å². The summed E-state index contributed by atoms with van der Waals surface area (Å²) in [6.07, 6.45) is 0. The van der Waals surface area contributed by atoms with Crippen molar-refractivity contribution in [2.24, 2.45) is 0 Å². The molecule has 0 aliphatic rings. The summed E-state index contributed by atoms with van der Waals surface area (Å²) in [5, 5.41) is 2.57. The first-order valence-electron chi connectivity index (χ1n) is 12.3. The third-order valence-electron chi connectivity index (χ3n) is 6.63. The van der Waals surface area contributed by atoms with Crippen LogP contribution in [-0.4, -0.2) is 15.0 Å². The van der Waals surface area contributed by atoms with Crippen molar-refractivity contribution in [2.45, 2.75) is 0 Å². The minimum Gasteiger partial charge on any atom is -0.456 e. The highest BCUT2D eigenvalue weighted by molar-refractivity contribution is 6.33. The molecular weight excluding hydrogens is 490 g/mol. The molecule has 5 aromatic carbocycles. The number of aromatic nitrogens is 3. The Balaban J connectivity index is 1.46. The molecule has 0 spiro atoms. The quantitative estimate of drug-likeness (QED) is 0.237. The summed E-state index contributed by atoms with van der Waals surface area (Å²) in [7, 11) is 0. The number of fused-ring (bicyclic) bond motifs is 3. The van der Waals surface area contributed by atoms with E-state index in [1.165, 1.54) is 0 Å². The standard InChI is InChI=1S/C33H20ClN3O/c34-27-16-8-7-14-24(27)32-35-31(22-12-5-2-6-13-22)36-33(37-32)26-15-9-17-28-30(26)25-19-18-23(20-29(25)38-28)21-10-3-1-4-11-21/h1-20H. The fourth-order valence-electron chi connectivity index (χ4n) is 4.80. The number of furan rings is 1. The van der Waals surface area contributed by atoms with Gasteiger partial charge in [0.15, 0.2) is 17.5 Å². The van der Waals surface area contributed by atoms with Crippen molar-refractivity contribution < 1.29 is 4.42 Å². The van der Waals surface area contributed by atoms with Crippen molar-refractivity contribution in [3.8, 4) is 45.3 Å². The predicted octanol–water partition coefficient (Wildman–Crippen LogP) is 9.09. The van der Waals surface area contributed by atoms with Gasteiger partial charge >= 0.3 is 0 Å². The highest BCUT2D eigenvalue weighted by atomic mass is 35.5. The summed E-state index contributed by atoms with van der Waals surface area (Å²) in [5.74, 6) is 1.67. The second kappa shape index (κ2) is 9.25. The molecule has 0 fully saturated rings. The number of benzene rings is 5. The highest BCUT2D eigenvalue weighted by Crippen LogP contribution is 2.38. The topological polar surface area (TPSA) is 51.8 Å². The summed E-state index contributed by atoms with van der Waals surface area (Å²) in [4.78, 5) is 14.6. The molecule has 0 aliphatic carbocycles. The van der Waals surface area contributed by atoms with Crippen LogP contribution in [0.3, 0.4) is 0 Å². The predicted molar refractivity (Wildman–Crippen MR) is 154 cm³/mol. The Kier molecular flexibility index (Phi) is 5.46. The Bertz CT molecular complexity index is 1930. The van der Waals surface area contributed by atoms with Gasteiger partial charge in [0.25, 0.3) is 0 Å². The molecule has 5 heteroatoms. The molecule has 180 valence electrons. The van der Waals surface area contributed by atoms with Crippen LogP contribution in [0, 0.1) is 0 Å². The van der Waals surface area contributed by atoms with Gasteiger partial charge in [-0.25, -0.2) is 15.0 Å². The summed E-state index contributed by atoms with van der Waals surface area (Å²) >= 11 is 6.56. The molecule has 7 aromatic rings. The zero-order valence-electron chi connectivity index (χ0n) is 20.2. The van der Waals surface area contributed by atoms with Crippen molar-refractivity contribution in [3.63, 3.8) is 0 Å². The Morgan fingerprint density at radius 3 is 1.87 bits per heavy atom. The minimum atomic E-state index is 0.524. The first-order valence-corrected chi connectivity index (χ1v) is 12.7. The zero-order valence-corrected chi connectivity index (χ0v) is 20.9. The van der Waals surface area contributed by atoms with E-state index in [0.29, 0.717) is 22.5 Å². The molecule has 7 rings (SSSR count). The van der Waals surface area contributed by atoms with E-state index < -0.39 is 0 Å². The molecule has 0 aliphatic heterocycles. The van der Waals surface area contributed by atoms with Gasteiger partial charge in [-0.2, -0.15) is 0 Å². The number of hydrogen-bond donors (Lipinski definition) is 0. The van der Waals surface area contributed by atoms with Crippen molar-refractivity contribution in [1.29, 1.82) is 0 Å². The van der Waals surface area contributed by atoms with Crippen LogP contribution in [0.5, 0.6) is 0 Å². The van der Waals surface area contributed by atoms with Crippen LogP contribution in [0.25, 0.3) is 67.2 Å². The van der Waals surface area contributed by atoms with E-state index in [0.717, 1.165) is 49.8 Å². The molecule has 0 atom stereocenters. The SMILES string of the molecule is Clc1ccccc1-c1nc(-c2ccccc2)nc(-c2cccc3oc4cc(-c5ccccc5)ccc4c23)n1. The van der Waals surface area contributed by atoms with Gasteiger partial charge in [-0.3, -0.25) is 0 Å². The largest absolute Gasteiger partial charge is 0.456 e. The first-order chi connectivity index (χ1) is 18.7. The van der Waals surface area contributed by atoms with E-state index in [1.54, 1.807) is 0 Å². The van der Waals surface area contributed by atoms with Crippen molar-refractivity contribution in [1.82, 2.24) is 15.0 Å². The summed E-state index contributed by atoms with van der Waals surface area (Å²) in [6.45, 7) is 0. The molecule has 0 radical (unpaired) electrons. The summed E-state index contributed by atoms with van der Waals surface area (Å²) in [6, 6.07) is 40.1. The average Bonchev–Trinajstić information content (AvgIpc) is 3.36. The molecule has 4 nitrogen and oxygen atoms in total. The molecular formula is C33H20ClN3O. The van der Waals surface area contributed by atoms with Gasteiger partial charge in [-0.05, 0) is 41.5 Å². The van der Waals surface area contributed by atoms with Gasteiger partial charge in [-0.15, -0.1) is 0 Å². The van der Waals surface area contributed by atoms with E-state index in [4.69, 9.17) is 31.0 Å². The van der Waals surface area contributed by atoms with Crippen LogP contribution in [0.1, 0.15) is 0 Å². The minimum absolute atomic E-state index is 0.524. The molecule has 0 amide bonds. The van der Waals surface area contributed by atoms with Gasteiger partial charge in [0.1, 0.15) is 11.2 Å². The molecule has 0 saturated heterocycles. The lowest BCUT2D eigenvalue weighted by Gasteiger charge is -2.10. The molecule has 38 heavy (non-hydrogen) atoms. The maximum atomic E-state index is 6.56. The second-order valence-corrected chi connectivity index (χ2v) is 9.42. The zero-order chi connectivity index (χ0) is 25.5. The molecule has 2 heterocycles. The van der Waals surface area contributed by atoms with E-state index >= 15 is 0 Å². The molecule has 0 unspecified atom stereocenters. The van der Waals surface area contributed by atoms with Crippen LogP contribution < -0.4 is 0 Å². The number of rotatable bonds is 4. The Morgan fingerprint density at radius 1 is 0.474 bits per heavy atom. The van der Waals surface area contributed by atoms with Gasteiger partial charge in [-0.1, -0.05) is 103 Å². The normalized spacial score (nSPS) is 11.3. The van der Waals surface area contributed by atoms with Crippen LogP contribution in [0.4, 0.5) is 0 Å². The molecule has 0 bridgehead atoms. The lowest BCUT2D eigenvalue weighted by Crippen LogP contribution is -2.00. The highest BCUT2D eigenvalue weighted by Gasteiger charge is 2.18. The second-order valence-electron chi connectivity index (χ2n) is 9.01. The molecule has 0 N–H and O–H groups in total. The van der Waals surface area contributed by atoms with E-state index in [-0.39, 0.29) is 0 Å². The van der Waals surface area contributed by atoms with Crippen molar-refractivity contribution >= 4 is 33.5 Å². The maximum absolute atomic E-state index is 6.56. The summed E-state index contributed by atoms with van der Waals surface area (Å²) in [5.41, 5.74) is 6.38. The third-order valence-corrected chi connectivity index (χ3v) is 6.96. The number of hydrogen-bond acceptors (Lipinski definition) is 4. The molecule has 0 saturated carbocycles. The van der Waals surface area contributed by atoms with E-state index in [9.17, 15) is 0 Å². The Labute approximate surface area is 224 Å². The first kappa shape index (κ1) is 22.4. The number of halogens is 1. The van der Waals surface area contributed by atoms with Gasteiger partial charge in [0.05, 0.1) is 5.02 Å². The van der Waals surface area contributed by atoms with Crippen LogP contribution >= 0.6 is 11.6 Å². The lowest BCUT2D eigenvalue weighted by molar-refractivity contribution is 0.669. The van der Waals surface area contributed by atoms with Crippen LogP contribution in [0.15, 0.2) is 126 Å². The maximum Gasteiger partial charge on any atom is 0.165 e. The smallest absolute Gasteiger partial charge is 0.165 e. The fraction of sp³-hybridized carbons (Fsp3) is 0. The van der Waals surface area contributed by atoms with Crippen molar-refractivity contribution in [2.75, 3.05) is 0 Å². The van der Waals surface area contributed by atoms with Gasteiger partial charge < -0.3 is 4.42 Å². The average molecular weight is 510 g/mol. The van der Waals surface area contributed by atoms with Gasteiger partial charge in [0.2, 0.25) is 0 Å². The Hall–Kier alpha value is -4.80. The molecule has 2 aromatic heterocycles. The van der Waals surface area contributed by atoms with Crippen molar-refractivity contribution in [3.05, 3.63) is 126 Å². The monoisotopic (exact) mass is 509 g/mol. The van der Waals surface area contributed by atoms with E-state index in [1.807, 2.05) is 91.0 Å². The van der Waals surface area contributed by atoms with Gasteiger partial charge in [0, 0.05) is 27.5 Å². The van der Waals surface area contributed by atoms with Crippen LogP contribution in [-0.2, 0) is 0 Å². The van der Waals surface area contributed by atoms with E-state index in [2.05, 4.69) is 30.3 Å². The summed E-state index contributed by atoms with van der Waals surface area (Å²) < 4.78 is 6.33. The fourth-order valence-corrected chi connectivity index (χ4v) is 5.02. The third kappa shape index (κ3) is 3.92. The lowest BCUT2D eigenvalue weighted by atomic mass is 10.0. The Morgan fingerprint density at radius 2 is 1.11 bits per heavy atom.